The Hall–Kier alpha value is -1.55. The summed E-state index contributed by atoms with van der Waals surface area (Å²) in [4.78, 5) is 22.4. The van der Waals surface area contributed by atoms with Crippen molar-refractivity contribution in [3.8, 4) is 5.75 Å². The summed E-state index contributed by atoms with van der Waals surface area (Å²) >= 11 is 0. The fraction of sp³-hybridized carbons (Fsp3) is 0.611. The molecule has 1 aliphatic carbocycles. The normalized spacial score (nSPS) is 17.2. The Morgan fingerprint density at radius 3 is 2.41 bits per heavy atom. The van der Waals surface area contributed by atoms with Crippen LogP contribution in [0.2, 0.25) is 0 Å². The molecule has 1 aromatic rings. The summed E-state index contributed by atoms with van der Waals surface area (Å²) in [5.41, 5.74) is 7.68. The highest BCUT2D eigenvalue weighted by Gasteiger charge is 2.32. The SMILES string of the molecule is CC(CN)C(=O)OOc1c(C(C)C)cccc1[C@H](C)C1CC1. The van der Waals surface area contributed by atoms with Gasteiger partial charge in [0.05, 0.1) is 5.92 Å². The molecule has 2 N–H and O–H groups in total. The second-order valence-electron chi connectivity index (χ2n) is 6.67. The number of carbonyl (C=O) groups is 1. The van der Waals surface area contributed by atoms with Crippen LogP contribution in [-0.2, 0) is 9.68 Å². The van der Waals surface area contributed by atoms with Gasteiger partial charge in [-0.15, -0.1) is 0 Å². The first-order valence-corrected chi connectivity index (χ1v) is 8.16. The van der Waals surface area contributed by atoms with Gasteiger partial charge in [0.2, 0.25) is 0 Å². The molecule has 2 atom stereocenters. The van der Waals surface area contributed by atoms with Crippen molar-refractivity contribution in [1.82, 2.24) is 0 Å². The predicted molar refractivity (Wildman–Crippen MR) is 86.6 cm³/mol. The van der Waals surface area contributed by atoms with Crippen LogP contribution >= 0.6 is 0 Å². The molecule has 0 bridgehead atoms. The molecule has 4 heteroatoms. The third kappa shape index (κ3) is 3.80. The van der Waals surface area contributed by atoms with Gasteiger partial charge in [-0.3, -0.25) is 9.78 Å². The number of nitrogens with two attached hydrogens (primary N) is 1. The molecule has 1 unspecified atom stereocenters. The Morgan fingerprint density at radius 2 is 1.86 bits per heavy atom. The monoisotopic (exact) mass is 305 g/mol. The van der Waals surface area contributed by atoms with E-state index in [0.717, 1.165) is 11.1 Å². The third-order valence-corrected chi connectivity index (χ3v) is 4.48. The van der Waals surface area contributed by atoms with Crippen LogP contribution in [0.15, 0.2) is 18.2 Å². The van der Waals surface area contributed by atoms with E-state index in [1.807, 2.05) is 6.07 Å². The first-order chi connectivity index (χ1) is 10.5. The average molecular weight is 305 g/mol. The van der Waals surface area contributed by atoms with Crippen molar-refractivity contribution in [1.29, 1.82) is 0 Å². The zero-order valence-corrected chi connectivity index (χ0v) is 14.0. The molecule has 1 aliphatic rings. The van der Waals surface area contributed by atoms with Crippen molar-refractivity contribution in [2.24, 2.45) is 17.6 Å². The maximum Gasteiger partial charge on any atom is 0.359 e. The zero-order valence-electron chi connectivity index (χ0n) is 14.0. The van der Waals surface area contributed by atoms with E-state index >= 15 is 0 Å². The molecular formula is C18H27NO3. The van der Waals surface area contributed by atoms with Crippen molar-refractivity contribution in [3.63, 3.8) is 0 Å². The number of benzene rings is 1. The summed E-state index contributed by atoms with van der Waals surface area (Å²) in [6.45, 7) is 8.41. The lowest BCUT2D eigenvalue weighted by Crippen LogP contribution is -2.24. The molecule has 1 aromatic carbocycles. The molecule has 0 aliphatic heterocycles. The summed E-state index contributed by atoms with van der Waals surface area (Å²) < 4.78 is 0. The molecule has 0 amide bonds. The van der Waals surface area contributed by atoms with Crippen LogP contribution in [0.1, 0.15) is 63.5 Å². The molecule has 0 aromatic heterocycles. The number of rotatable bonds is 7. The van der Waals surface area contributed by atoms with Crippen molar-refractivity contribution in [2.45, 2.75) is 52.4 Å². The summed E-state index contributed by atoms with van der Waals surface area (Å²) in [6.07, 6.45) is 2.52. The Kier molecular flexibility index (Phi) is 5.46. The third-order valence-electron chi connectivity index (χ3n) is 4.48. The van der Waals surface area contributed by atoms with Gasteiger partial charge in [-0.25, -0.2) is 4.79 Å². The maximum absolute atomic E-state index is 11.8. The highest BCUT2D eigenvalue weighted by molar-refractivity contribution is 5.71. The molecule has 1 saturated carbocycles. The largest absolute Gasteiger partial charge is 0.359 e. The van der Waals surface area contributed by atoms with Crippen molar-refractivity contribution in [2.75, 3.05) is 6.54 Å². The van der Waals surface area contributed by atoms with Crippen LogP contribution in [0.4, 0.5) is 0 Å². The van der Waals surface area contributed by atoms with Crippen LogP contribution < -0.4 is 10.6 Å². The zero-order chi connectivity index (χ0) is 16.3. The summed E-state index contributed by atoms with van der Waals surface area (Å²) in [5, 5.41) is 0. The van der Waals surface area contributed by atoms with E-state index in [4.69, 9.17) is 15.5 Å². The van der Waals surface area contributed by atoms with E-state index in [0.29, 0.717) is 23.5 Å². The highest BCUT2D eigenvalue weighted by Crippen LogP contribution is 2.46. The van der Waals surface area contributed by atoms with Crippen LogP contribution in [-0.4, -0.2) is 12.5 Å². The number of para-hydroxylation sites is 1. The highest BCUT2D eigenvalue weighted by atomic mass is 17.2. The van der Waals surface area contributed by atoms with E-state index in [9.17, 15) is 4.79 Å². The first kappa shape index (κ1) is 16.8. The van der Waals surface area contributed by atoms with Crippen LogP contribution in [0.25, 0.3) is 0 Å². The Balaban J connectivity index is 2.23. The minimum atomic E-state index is -0.425. The van der Waals surface area contributed by atoms with E-state index in [-0.39, 0.29) is 12.5 Å². The predicted octanol–water partition coefficient (Wildman–Crippen LogP) is 3.76. The minimum Gasteiger partial charge on any atom is -0.330 e. The van der Waals surface area contributed by atoms with E-state index in [1.165, 1.54) is 12.8 Å². The number of hydrogen-bond acceptors (Lipinski definition) is 4. The van der Waals surface area contributed by atoms with Gasteiger partial charge in [-0.1, -0.05) is 45.9 Å². The maximum atomic E-state index is 11.8. The fourth-order valence-electron chi connectivity index (χ4n) is 2.59. The molecule has 4 nitrogen and oxygen atoms in total. The fourth-order valence-corrected chi connectivity index (χ4v) is 2.59. The molecule has 1 fully saturated rings. The Morgan fingerprint density at radius 1 is 1.23 bits per heavy atom. The smallest absolute Gasteiger partial charge is 0.330 e. The molecular weight excluding hydrogens is 278 g/mol. The summed E-state index contributed by atoms with van der Waals surface area (Å²) in [6, 6.07) is 6.16. The van der Waals surface area contributed by atoms with Crippen molar-refractivity contribution >= 4 is 5.97 Å². The van der Waals surface area contributed by atoms with Gasteiger partial charge >= 0.3 is 5.97 Å². The average Bonchev–Trinajstić information content (AvgIpc) is 3.35. The second kappa shape index (κ2) is 7.14. The standard InChI is InChI=1S/C18H27NO3/c1-11(2)15-6-5-7-16(13(4)14-8-9-14)17(15)21-22-18(20)12(3)10-19/h5-7,11-14H,8-10,19H2,1-4H3/t12?,13-/m1/s1. The van der Waals surface area contributed by atoms with E-state index in [1.54, 1.807) is 6.92 Å². The first-order valence-electron chi connectivity index (χ1n) is 8.16. The van der Waals surface area contributed by atoms with Crippen molar-refractivity contribution < 1.29 is 14.6 Å². The Labute approximate surface area is 132 Å². The summed E-state index contributed by atoms with van der Waals surface area (Å²) in [5.74, 6) is 1.34. The molecule has 2 rings (SSSR count). The van der Waals surface area contributed by atoms with E-state index in [2.05, 4.69) is 32.9 Å². The second-order valence-corrected chi connectivity index (χ2v) is 6.67. The lowest BCUT2D eigenvalue weighted by molar-refractivity contribution is -0.218. The van der Waals surface area contributed by atoms with Crippen LogP contribution in [0.5, 0.6) is 5.75 Å². The molecule has 122 valence electrons. The number of hydrogen-bond donors (Lipinski definition) is 1. The molecule has 0 heterocycles. The summed E-state index contributed by atoms with van der Waals surface area (Å²) in [7, 11) is 0. The quantitative estimate of drug-likeness (QED) is 0.615. The lowest BCUT2D eigenvalue weighted by Gasteiger charge is -2.20. The topological polar surface area (TPSA) is 61.6 Å². The van der Waals surface area contributed by atoms with Crippen LogP contribution in [0.3, 0.4) is 0 Å². The van der Waals surface area contributed by atoms with Gasteiger partial charge in [0.15, 0.2) is 5.75 Å². The molecule has 0 saturated heterocycles. The van der Waals surface area contributed by atoms with Gasteiger partial charge < -0.3 is 5.73 Å². The molecule has 22 heavy (non-hydrogen) atoms. The van der Waals surface area contributed by atoms with Gasteiger partial charge in [0, 0.05) is 17.7 Å². The van der Waals surface area contributed by atoms with Crippen molar-refractivity contribution in [3.05, 3.63) is 29.3 Å². The lowest BCUT2D eigenvalue weighted by atomic mass is 9.90. The minimum absolute atomic E-state index is 0.249. The van der Waals surface area contributed by atoms with Gasteiger partial charge in [-0.2, -0.15) is 0 Å². The van der Waals surface area contributed by atoms with E-state index < -0.39 is 5.97 Å². The number of carbonyl (C=O) groups excluding carboxylic acids is 1. The van der Waals surface area contributed by atoms with Gasteiger partial charge in [0.25, 0.3) is 0 Å². The van der Waals surface area contributed by atoms with Crippen LogP contribution in [0, 0.1) is 11.8 Å². The molecule has 0 spiro atoms. The van der Waals surface area contributed by atoms with Gasteiger partial charge in [0.1, 0.15) is 0 Å². The Bertz CT molecular complexity index is 523. The van der Waals surface area contributed by atoms with Gasteiger partial charge in [-0.05, 0) is 30.6 Å². The molecule has 0 radical (unpaired) electrons.